The maximum absolute atomic E-state index is 12.7. The van der Waals surface area contributed by atoms with Crippen LogP contribution in [0.4, 0.5) is 0 Å². The number of carbonyl (C=O) groups is 1. The van der Waals surface area contributed by atoms with Gasteiger partial charge < -0.3 is 4.90 Å². The summed E-state index contributed by atoms with van der Waals surface area (Å²) in [5.41, 5.74) is 1.07. The van der Waals surface area contributed by atoms with Crippen LogP contribution in [0.3, 0.4) is 0 Å². The van der Waals surface area contributed by atoms with Crippen LogP contribution in [0, 0.1) is 5.92 Å². The zero-order valence-electron chi connectivity index (χ0n) is 12.8. The maximum Gasteiger partial charge on any atom is 0.245 e. The fourth-order valence-corrected chi connectivity index (χ4v) is 2.73. The molecule has 2 rings (SSSR count). The van der Waals surface area contributed by atoms with E-state index in [-0.39, 0.29) is 18.1 Å². The molecule has 0 bridgehead atoms. The van der Waals surface area contributed by atoms with Crippen molar-refractivity contribution < 1.29 is 4.79 Å². The molecule has 1 saturated heterocycles. The minimum atomic E-state index is -0.167. The lowest BCUT2D eigenvalue weighted by atomic mass is 10.1. The van der Waals surface area contributed by atoms with Crippen molar-refractivity contribution in [3.63, 3.8) is 0 Å². The average molecular weight is 274 g/mol. The summed E-state index contributed by atoms with van der Waals surface area (Å²) >= 11 is 0. The third-order valence-corrected chi connectivity index (χ3v) is 3.91. The molecule has 1 heterocycles. The van der Waals surface area contributed by atoms with E-state index in [1.807, 2.05) is 35.2 Å². The summed E-state index contributed by atoms with van der Waals surface area (Å²) < 4.78 is 0. The monoisotopic (exact) mass is 274 g/mol. The van der Waals surface area contributed by atoms with Crippen molar-refractivity contribution in [3.8, 4) is 0 Å². The van der Waals surface area contributed by atoms with Crippen molar-refractivity contribution in [2.45, 2.75) is 52.2 Å². The topological polar surface area (TPSA) is 32.3 Å². The molecule has 1 N–H and O–H groups in total. The Kier molecular flexibility index (Phi) is 5.18. The van der Waals surface area contributed by atoms with Crippen molar-refractivity contribution in [1.29, 1.82) is 0 Å². The van der Waals surface area contributed by atoms with E-state index >= 15 is 0 Å². The Hall–Kier alpha value is -1.35. The van der Waals surface area contributed by atoms with E-state index < -0.39 is 0 Å². The van der Waals surface area contributed by atoms with Crippen molar-refractivity contribution >= 4 is 5.91 Å². The van der Waals surface area contributed by atoms with E-state index in [1.54, 1.807) is 0 Å². The number of carbonyl (C=O) groups excluding carboxylic acids is 1. The van der Waals surface area contributed by atoms with Gasteiger partial charge in [-0.25, -0.2) is 0 Å². The molecule has 1 aliphatic rings. The second-order valence-electron chi connectivity index (χ2n) is 6.03. The van der Waals surface area contributed by atoms with Gasteiger partial charge in [0.15, 0.2) is 0 Å². The lowest BCUT2D eigenvalue weighted by Gasteiger charge is -2.24. The Balaban J connectivity index is 2.12. The molecule has 1 aromatic rings. The minimum Gasteiger partial charge on any atom is -0.325 e. The Morgan fingerprint density at radius 1 is 1.25 bits per heavy atom. The SMILES string of the molecule is CCCC1NC(c2ccccc2)C(=O)N1CCC(C)C. The van der Waals surface area contributed by atoms with Crippen LogP contribution in [0.5, 0.6) is 0 Å². The molecule has 2 unspecified atom stereocenters. The first-order valence-corrected chi connectivity index (χ1v) is 7.75. The first kappa shape index (κ1) is 15.0. The molecule has 0 aliphatic carbocycles. The van der Waals surface area contributed by atoms with Crippen LogP contribution >= 0.6 is 0 Å². The van der Waals surface area contributed by atoms with Gasteiger partial charge in [0, 0.05) is 6.54 Å². The first-order chi connectivity index (χ1) is 9.63. The summed E-state index contributed by atoms with van der Waals surface area (Å²) in [5, 5.41) is 3.51. The van der Waals surface area contributed by atoms with E-state index in [0.29, 0.717) is 5.92 Å². The highest BCUT2D eigenvalue weighted by Gasteiger charge is 2.38. The van der Waals surface area contributed by atoms with Gasteiger partial charge in [-0.3, -0.25) is 10.1 Å². The summed E-state index contributed by atoms with van der Waals surface area (Å²) in [4.78, 5) is 14.7. The summed E-state index contributed by atoms with van der Waals surface area (Å²) in [6.07, 6.45) is 3.36. The molecular formula is C17H26N2O. The molecular weight excluding hydrogens is 248 g/mol. The number of amides is 1. The van der Waals surface area contributed by atoms with E-state index in [4.69, 9.17) is 0 Å². The van der Waals surface area contributed by atoms with Crippen molar-refractivity contribution in [2.24, 2.45) is 5.92 Å². The largest absolute Gasteiger partial charge is 0.325 e. The normalized spacial score (nSPS) is 22.8. The van der Waals surface area contributed by atoms with Gasteiger partial charge in [-0.15, -0.1) is 0 Å². The summed E-state index contributed by atoms with van der Waals surface area (Å²) in [5.74, 6) is 0.858. The molecule has 0 aromatic heterocycles. The van der Waals surface area contributed by atoms with Gasteiger partial charge in [0.25, 0.3) is 0 Å². The fraction of sp³-hybridized carbons (Fsp3) is 0.588. The molecule has 2 atom stereocenters. The molecule has 1 aromatic carbocycles. The molecule has 0 radical (unpaired) electrons. The highest BCUT2D eigenvalue weighted by atomic mass is 16.2. The molecule has 0 saturated carbocycles. The standard InChI is InChI=1S/C17H26N2O/c1-4-8-15-18-16(14-9-6-5-7-10-14)17(20)19(15)12-11-13(2)3/h5-7,9-10,13,15-16,18H,4,8,11-12H2,1-3H3. The van der Waals surface area contributed by atoms with Gasteiger partial charge >= 0.3 is 0 Å². The van der Waals surface area contributed by atoms with Crippen LogP contribution in [0.2, 0.25) is 0 Å². The van der Waals surface area contributed by atoms with Gasteiger partial charge in [0.05, 0.1) is 6.17 Å². The predicted molar refractivity (Wildman–Crippen MR) is 82.2 cm³/mol. The molecule has 110 valence electrons. The van der Waals surface area contributed by atoms with Crippen molar-refractivity contribution in [3.05, 3.63) is 35.9 Å². The van der Waals surface area contributed by atoms with Crippen LogP contribution in [0.25, 0.3) is 0 Å². The molecule has 20 heavy (non-hydrogen) atoms. The maximum atomic E-state index is 12.7. The van der Waals surface area contributed by atoms with Crippen LogP contribution in [0.1, 0.15) is 51.6 Å². The zero-order chi connectivity index (χ0) is 14.5. The molecule has 1 amide bonds. The molecule has 0 spiro atoms. The summed E-state index contributed by atoms with van der Waals surface area (Å²) in [6.45, 7) is 7.44. The number of hydrogen-bond acceptors (Lipinski definition) is 2. The van der Waals surface area contributed by atoms with Crippen LogP contribution in [0.15, 0.2) is 30.3 Å². The highest BCUT2D eigenvalue weighted by Crippen LogP contribution is 2.26. The lowest BCUT2D eigenvalue weighted by molar-refractivity contribution is -0.130. The second kappa shape index (κ2) is 6.89. The summed E-state index contributed by atoms with van der Waals surface area (Å²) in [6, 6.07) is 9.88. The van der Waals surface area contributed by atoms with E-state index in [1.165, 1.54) is 0 Å². The third-order valence-electron chi connectivity index (χ3n) is 3.91. The Bertz CT molecular complexity index is 430. The van der Waals surface area contributed by atoms with Gasteiger partial charge in [0.2, 0.25) is 5.91 Å². The molecule has 1 fully saturated rings. The Morgan fingerprint density at radius 3 is 2.55 bits per heavy atom. The molecule has 3 nitrogen and oxygen atoms in total. The average Bonchev–Trinajstić information content (AvgIpc) is 2.74. The van der Waals surface area contributed by atoms with Crippen molar-refractivity contribution in [2.75, 3.05) is 6.54 Å². The van der Waals surface area contributed by atoms with E-state index in [0.717, 1.165) is 31.4 Å². The van der Waals surface area contributed by atoms with Gasteiger partial charge in [-0.1, -0.05) is 57.5 Å². The minimum absolute atomic E-state index is 0.167. The Morgan fingerprint density at radius 2 is 1.95 bits per heavy atom. The first-order valence-electron chi connectivity index (χ1n) is 7.75. The number of rotatable bonds is 6. The number of hydrogen-bond donors (Lipinski definition) is 1. The van der Waals surface area contributed by atoms with Gasteiger partial charge in [0.1, 0.15) is 6.04 Å². The number of benzene rings is 1. The van der Waals surface area contributed by atoms with E-state index in [9.17, 15) is 4.79 Å². The van der Waals surface area contributed by atoms with E-state index in [2.05, 4.69) is 26.1 Å². The summed E-state index contributed by atoms with van der Waals surface area (Å²) in [7, 11) is 0. The highest BCUT2D eigenvalue weighted by molar-refractivity contribution is 5.85. The number of nitrogens with zero attached hydrogens (tertiary/aromatic N) is 1. The van der Waals surface area contributed by atoms with Crippen LogP contribution in [-0.4, -0.2) is 23.5 Å². The van der Waals surface area contributed by atoms with Crippen LogP contribution < -0.4 is 5.32 Å². The van der Waals surface area contributed by atoms with Gasteiger partial charge in [-0.2, -0.15) is 0 Å². The quantitative estimate of drug-likeness (QED) is 0.863. The Labute approximate surface area is 122 Å². The lowest BCUT2D eigenvalue weighted by Crippen LogP contribution is -2.38. The van der Waals surface area contributed by atoms with Gasteiger partial charge in [-0.05, 0) is 24.3 Å². The smallest absolute Gasteiger partial charge is 0.245 e. The predicted octanol–water partition coefficient (Wildman–Crippen LogP) is 3.33. The third kappa shape index (κ3) is 3.40. The van der Waals surface area contributed by atoms with Crippen LogP contribution in [-0.2, 0) is 4.79 Å². The number of nitrogens with one attached hydrogen (secondary N) is 1. The second-order valence-corrected chi connectivity index (χ2v) is 6.03. The molecule has 3 heteroatoms. The zero-order valence-corrected chi connectivity index (χ0v) is 12.8. The molecule has 1 aliphatic heterocycles. The van der Waals surface area contributed by atoms with Crippen molar-refractivity contribution in [1.82, 2.24) is 10.2 Å². The fourth-order valence-electron chi connectivity index (χ4n) is 2.73.